The van der Waals surface area contributed by atoms with Gasteiger partial charge < -0.3 is 26.0 Å². The van der Waals surface area contributed by atoms with Gasteiger partial charge in [-0.2, -0.15) is 13.2 Å². The largest absolute Gasteiger partial charge is 0.490 e. The van der Waals surface area contributed by atoms with Gasteiger partial charge in [-0.25, -0.2) is 4.79 Å². The van der Waals surface area contributed by atoms with E-state index in [1.807, 2.05) is 41.3 Å². The molecule has 1 fully saturated rings. The predicted octanol–water partition coefficient (Wildman–Crippen LogP) is 4.48. The van der Waals surface area contributed by atoms with Crippen LogP contribution >= 0.6 is 11.6 Å². The van der Waals surface area contributed by atoms with Crippen LogP contribution in [0.15, 0.2) is 54.7 Å². The number of fused-ring (bicyclic) bond motifs is 2. The van der Waals surface area contributed by atoms with Gasteiger partial charge >= 0.3 is 12.1 Å². The second-order valence-electron chi connectivity index (χ2n) is 8.56. The predicted molar refractivity (Wildman–Crippen MR) is 134 cm³/mol. The van der Waals surface area contributed by atoms with Crippen LogP contribution in [-0.4, -0.2) is 50.6 Å². The molecule has 1 saturated heterocycles. The highest BCUT2D eigenvalue weighted by Gasteiger charge is 2.38. The number of rotatable bonds is 5. The molecule has 1 aliphatic rings. The number of nitrogens with two attached hydrogens (primary N) is 1. The minimum absolute atomic E-state index is 0.134. The molecule has 0 aliphatic carbocycles. The lowest BCUT2D eigenvalue weighted by molar-refractivity contribution is -0.192. The van der Waals surface area contributed by atoms with Crippen molar-refractivity contribution in [3.8, 4) is 0 Å². The van der Waals surface area contributed by atoms with Gasteiger partial charge in [-0.05, 0) is 48.4 Å². The Labute approximate surface area is 214 Å². The zero-order chi connectivity index (χ0) is 26.7. The number of likely N-dealkylation sites (tertiary alicyclic amines) is 1. The molecule has 1 aliphatic heterocycles. The van der Waals surface area contributed by atoms with Crippen LogP contribution in [0.1, 0.15) is 17.7 Å². The topological polar surface area (TPSA) is 124 Å². The molecule has 0 saturated carbocycles. The summed E-state index contributed by atoms with van der Waals surface area (Å²) >= 11 is 6.06. The van der Waals surface area contributed by atoms with Crippen molar-refractivity contribution in [3.05, 3.63) is 71.0 Å². The molecule has 5 rings (SSSR count). The number of aromatic amines is 1. The van der Waals surface area contributed by atoms with Crippen LogP contribution in [0.5, 0.6) is 0 Å². The molecule has 5 N–H and O–H groups in total. The maximum Gasteiger partial charge on any atom is 0.490 e. The van der Waals surface area contributed by atoms with Gasteiger partial charge in [-0.15, -0.1) is 0 Å². The van der Waals surface area contributed by atoms with Crippen LogP contribution in [0.2, 0.25) is 5.02 Å². The van der Waals surface area contributed by atoms with Crippen LogP contribution in [0.3, 0.4) is 0 Å². The summed E-state index contributed by atoms with van der Waals surface area (Å²) in [6, 6.07) is 15.5. The second-order valence-corrected chi connectivity index (χ2v) is 9.00. The van der Waals surface area contributed by atoms with E-state index >= 15 is 0 Å². The smallest absolute Gasteiger partial charge is 0.475 e. The Morgan fingerprint density at radius 2 is 1.97 bits per heavy atom. The van der Waals surface area contributed by atoms with Gasteiger partial charge in [-0.3, -0.25) is 9.78 Å². The zero-order valence-electron chi connectivity index (χ0n) is 19.3. The molecule has 1 atom stereocenters. The fourth-order valence-corrected chi connectivity index (χ4v) is 4.29. The first-order chi connectivity index (χ1) is 17.5. The molecule has 2 aromatic heterocycles. The van der Waals surface area contributed by atoms with Crippen molar-refractivity contribution < 1.29 is 27.9 Å². The number of carbonyl (C=O) groups is 2. The molecule has 37 heavy (non-hydrogen) atoms. The highest BCUT2D eigenvalue weighted by molar-refractivity contribution is 6.31. The Morgan fingerprint density at radius 1 is 1.22 bits per heavy atom. The number of carboxylic acid groups (broad SMARTS) is 1. The number of carbonyl (C=O) groups excluding carboxylic acids is 1. The van der Waals surface area contributed by atoms with E-state index in [0.717, 1.165) is 46.0 Å². The number of hydrogen-bond donors (Lipinski definition) is 4. The lowest BCUT2D eigenvalue weighted by Crippen LogP contribution is -2.37. The fourth-order valence-electron chi connectivity index (χ4n) is 4.11. The number of anilines is 1. The normalized spacial score (nSPS) is 15.7. The Bertz CT molecular complexity index is 1460. The molecular formula is C25H23ClF3N5O3. The standard InChI is InChI=1S/C23H22ClN5O.C2HF3O2/c24-16-2-4-20-15(10-16)11-17(28-20)12-27-21-6-8-29(23(21)30)13-14-1-3-18-19(25)5-7-26-22(18)9-14;3-2(4,5)1(6)7/h1-5,7,9-11,21,27-28H,6,8,12-13H2,(H2,25,26);(H,6,7). The van der Waals surface area contributed by atoms with E-state index in [2.05, 4.69) is 21.4 Å². The van der Waals surface area contributed by atoms with Crippen molar-refractivity contribution in [1.82, 2.24) is 20.2 Å². The van der Waals surface area contributed by atoms with Gasteiger partial charge in [0.1, 0.15) is 0 Å². The number of aromatic nitrogens is 2. The van der Waals surface area contributed by atoms with Crippen LogP contribution in [0.4, 0.5) is 18.9 Å². The Morgan fingerprint density at radius 3 is 2.70 bits per heavy atom. The first-order valence-corrected chi connectivity index (χ1v) is 11.6. The summed E-state index contributed by atoms with van der Waals surface area (Å²) in [6.07, 6.45) is -2.58. The fraction of sp³-hybridized carbons (Fsp3) is 0.240. The number of nitrogen functional groups attached to an aromatic ring is 1. The lowest BCUT2D eigenvalue weighted by Gasteiger charge is -2.17. The number of aliphatic carboxylic acids is 1. The van der Waals surface area contributed by atoms with Crippen molar-refractivity contribution in [2.45, 2.75) is 31.7 Å². The second kappa shape index (κ2) is 10.7. The summed E-state index contributed by atoms with van der Waals surface area (Å²) in [6.45, 7) is 1.92. The van der Waals surface area contributed by atoms with E-state index < -0.39 is 12.1 Å². The SMILES string of the molecule is Nc1ccnc2cc(CN3CCC(NCc4cc5cc(Cl)ccc5[nH]4)C3=O)ccc12.O=C(O)C(F)(F)F. The average molecular weight is 534 g/mol. The van der Waals surface area contributed by atoms with Crippen molar-refractivity contribution in [2.24, 2.45) is 0 Å². The number of carboxylic acids is 1. The average Bonchev–Trinajstić information content (AvgIpc) is 3.40. The molecule has 4 aromatic rings. The minimum Gasteiger partial charge on any atom is -0.475 e. The van der Waals surface area contributed by atoms with E-state index in [1.54, 1.807) is 12.3 Å². The van der Waals surface area contributed by atoms with E-state index in [4.69, 9.17) is 27.2 Å². The van der Waals surface area contributed by atoms with E-state index in [-0.39, 0.29) is 11.9 Å². The van der Waals surface area contributed by atoms with E-state index in [0.29, 0.717) is 23.8 Å². The molecule has 1 unspecified atom stereocenters. The van der Waals surface area contributed by atoms with E-state index in [9.17, 15) is 18.0 Å². The molecule has 0 spiro atoms. The summed E-state index contributed by atoms with van der Waals surface area (Å²) in [5, 5.41) is 13.2. The number of pyridine rings is 1. The summed E-state index contributed by atoms with van der Waals surface area (Å²) in [5.41, 5.74) is 10.7. The number of halogens is 4. The van der Waals surface area contributed by atoms with Crippen LogP contribution in [0.25, 0.3) is 21.8 Å². The number of nitrogens with one attached hydrogen (secondary N) is 2. The van der Waals surface area contributed by atoms with E-state index in [1.165, 1.54) is 0 Å². The van der Waals surface area contributed by atoms with Gasteiger partial charge in [0.2, 0.25) is 5.91 Å². The molecule has 2 aromatic carbocycles. The summed E-state index contributed by atoms with van der Waals surface area (Å²) in [5.74, 6) is -2.62. The Kier molecular flexibility index (Phi) is 7.55. The molecule has 194 valence electrons. The van der Waals surface area contributed by atoms with Gasteiger partial charge in [-0.1, -0.05) is 23.7 Å². The highest BCUT2D eigenvalue weighted by atomic mass is 35.5. The third kappa shape index (κ3) is 6.30. The van der Waals surface area contributed by atoms with Crippen LogP contribution in [0, 0.1) is 0 Å². The summed E-state index contributed by atoms with van der Waals surface area (Å²) < 4.78 is 31.7. The van der Waals surface area contributed by atoms with Crippen LogP contribution in [-0.2, 0) is 22.7 Å². The van der Waals surface area contributed by atoms with Gasteiger partial charge in [0, 0.05) is 58.5 Å². The van der Waals surface area contributed by atoms with Crippen molar-refractivity contribution >= 4 is 51.0 Å². The maximum absolute atomic E-state index is 12.9. The number of alkyl halides is 3. The van der Waals surface area contributed by atoms with Gasteiger partial charge in [0.25, 0.3) is 0 Å². The van der Waals surface area contributed by atoms with Crippen molar-refractivity contribution in [2.75, 3.05) is 12.3 Å². The molecule has 3 heterocycles. The summed E-state index contributed by atoms with van der Waals surface area (Å²) in [7, 11) is 0. The minimum atomic E-state index is -5.08. The third-order valence-electron chi connectivity index (χ3n) is 5.93. The molecular weight excluding hydrogens is 511 g/mol. The molecule has 8 nitrogen and oxygen atoms in total. The zero-order valence-corrected chi connectivity index (χ0v) is 20.1. The van der Waals surface area contributed by atoms with Crippen molar-refractivity contribution in [1.29, 1.82) is 0 Å². The number of amides is 1. The molecule has 0 bridgehead atoms. The van der Waals surface area contributed by atoms with Gasteiger partial charge in [0.15, 0.2) is 0 Å². The number of benzene rings is 2. The third-order valence-corrected chi connectivity index (χ3v) is 6.17. The first-order valence-electron chi connectivity index (χ1n) is 11.2. The van der Waals surface area contributed by atoms with Crippen molar-refractivity contribution in [3.63, 3.8) is 0 Å². The lowest BCUT2D eigenvalue weighted by atomic mass is 10.1. The number of nitrogens with zero attached hydrogens (tertiary/aromatic N) is 2. The summed E-state index contributed by atoms with van der Waals surface area (Å²) in [4.78, 5) is 31.4. The monoisotopic (exact) mass is 533 g/mol. The highest BCUT2D eigenvalue weighted by Crippen LogP contribution is 2.23. The number of H-pyrrole nitrogens is 1. The molecule has 12 heteroatoms. The quantitative estimate of drug-likeness (QED) is 0.300. The molecule has 0 radical (unpaired) electrons. The van der Waals surface area contributed by atoms with Gasteiger partial charge in [0.05, 0.1) is 11.6 Å². The van der Waals surface area contributed by atoms with Crippen LogP contribution < -0.4 is 11.1 Å². The maximum atomic E-state index is 12.9. The Balaban J connectivity index is 0.000000405. The number of hydrogen-bond acceptors (Lipinski definition) is 5. The first kappa shape index (κ1) is 26.2. The molecule has 1 amide bonds. The Hall–Kier alpha value is -3.83.